The number of fused-ring (bicyclic) bond motifs is 1. The zero-order chi connectivity index (χ0) is 18.5. The van der Waals surface area contributed by atoms with Crippen LogP contribution in [0.25, 0.3) is 6.08 Å². The van der Waals surface area contributed by atoms with E-state index in [9.17, 15) is 9.59 Å². The minimum Gasteiger partial charge on any atom is -0.454 e. The van der Waals surface area contributed by atoms with Crippen LogP contribution in [0.1, 0.15) is 17.4 Å². The molecule has 1 aromatic carbocycles. The van der Waals surface area contributed by atoms with Crippen LogP contribution in [0.3, 0.4) is 0 Å². The van der Waals surface area contributed by atoms with Gasteiger partial charge in [-0.2, -0.15) is 0 Å². The van der Waals surface area contributed by atoms with Gasteiger partial charge in [0.15, 0.2) is 17.6 Å². The molecule has 0 aliphatic carbocycles. The van der Waals surface area contributed by atoms with Gasteiger partial charge in [0, 0.05) is 11.0 Å². The van der Waals surface area contributed by atoms with Crippen molar-refractivity contribution in [2.75, 3.05) is 6.79 Å². The Hall–Kier alpha value is -2.51. The number of carbonyl (C=O) groups is 2. The lowest BCUT2D eigenvalue weighted by Crippen LogP contribution is -2.34. The molecule has 1 N–H and O–H groups in total. The third kappa shape index (κ3) is 4.56. The minimum atomic E-state index is -0.896. The highest BCUT2D eigenvalue weighted by atomic mass is 35.5. The molecule has 8 heteroatoms. The third-order valence-electron chi connectivity index (χ3n) is 3.54. The molecule has 0 spiro atoms. The van der Waals surface area contributed by atoms with Gasteiger partial charge in [0.25, 0.3) is 5.91 Å². The lowest BCUT2D eigenvalue weighted by atomic mass is 10.2. The Bertz CT molecular complexity index is 834. The summed E-state index contributed by atoms with van der Waals surface area (Å²) in [4.78, 5) is 24.9. The van der Waals surface area contributed by atoms with E-state index in [1.54, 1.807) is 23.5 Å². The summed E-state index contributed by atoms with van der Waals surface area (Å²) in [5, 5.41) is 5.05. The topological polar surface area (TPSA) is 73.9 Å². The van der Waals surface area contributed by atoms with Crippen LogP contribution < -0.4 is 14.8 Å². The van der Waals surface area contributed by atoms with Gasteiger partial charge in [0.2, 0.25) is 6.79 Å². The van der Waals surface area contributed by atoms with Crippen molar-refractivity contribution in [1.29, 1.82) is 0 Å². The quantitative estimate of drug-likeness (QED) is 0.601. The van der Waals surface area contributed by atoms with Crippen LogP contribution >= 0.6 is 22.9 Å². The molecular formula is C18H16ClNO5S. The summed E-state index contributed by atoms with van der Waals surface area (Å²) in [5.41, 5.74) is 0.658. The highest BCUT2D eigenvalue weighted by Gasteiger charge is 2.18. The summed E-state index contributed by atoms with van der Waals surface area (Å²) in [6.45, 7) is 2.04. The van der Waals surface area contributed by atoms with E-state index in [1.807, 2.05) is 17.5 Å². The van der Waals surface area contributed by atoms with Gasteiger partial charge in [-0.1, -0.05) is 17.7 Å². The molecule has 136 valence electrons. The number of rotatable bonds is 6. The smallest absolute Gasteiger partial charge is 0.331 e. The Balaban J connectivity index is 1.52. The predicted molar refractivity (Wildman–Crippen MR) is 98.3 cm³/mol. The average Bonchev–Trinajstić information content (AvgIpc) is 3.29. The van der Waals surface area contributed by atoms with E-state index in [4.69, 9.17) is 25.8 Å². The summed E-state index contributed by atoms with van der Waals surface area (Å²) in [6, 6.07) is 7.18. The van der Waals surface area contributed by atoms with Crippen LogP contribution in [0.5, 0.6) is 11.5 Å². The standard InChI is InChI=1S/C18H16ClNO5S/c1-11(18(22)20-9-13-3-2-6-26-13)25-16(21)5-4-12-7-14(19)17-15(8-12)23-10-24-17/h2-8,11H,9-10H2,1H3,(H,20,22)/b5-4+/t11-/m1/s1. The molecule has 2 heterocycles. The van der Waals surface area contributed by atoms with E-state index in [0.717, 1.165) is 4.88 Å². The molecule has 0 bridgehead atoms. The van der Waals surface area contributed by atoms with Crippen molar-refractivity contribution in [2.45, 2.75) is 19.6 Å². The molecule has 1 amide bonds. The maximum absolute atomic E-state index is 12.0. The maximum atomic E-state index is 12.0. The lowest BCUT2D eigenvalue weighted by molar-refractivity contribution is -0.150. The number of carbonyl (C=O) groups excluding carboxylic acids is 2. The van der Waals surface area contributed by atoms with E-state index in [1.165, 1.54) is 19.1 Å². The number of amides is 1. The van der Waals surface area contributed by atoms with Gasteiger partial charge in [-0.15, -0.1) is 11.3 Å². The molecular weight excluding hydrogens is 378 g/mol. The second-order valence-corrected chi connectivity index (χ2v) is 6.89. The van der Waals surface area contributed by atoms with Gasteiger partial charge < -0.3 is 19.5 Å². The molecule has 26 heavy (non-hydrogen) atoms. The van der Waals surface area contributed by atoms with Gasteiger partial charge in [-0.05, 0) is 42.1 Å². The average molecular weight is 394 g/mol. The summed E-state index contributed by atoms with van der Waals surface area (Å²) in [7, 11) is 0. The SMILES string of the molecule is C[C@@H](OC(=O)/C=C/c1cc(Cl)c2c(c1)OCO2)C(=O)NCc1cccs1. The summed E-state index contributed by atoms with van der Waals surface area (Å²) in [5.74, 6) is 0.0260. The highest BCUT2D eigenvalue weighted by molar-refractivity contribution is 7.09. The summed E-state index contributed by atoms with van der Waals surface area (Å²) in [6.07, 6.45) is 1.87. The van der Waals surface area contributed by atoms with E-state index < -0.39 is 12.1 Å². The summed E-state index contributed by atoms with van der Waals surface area (Å²) < 4.78 is 15.6. The van der Waals surface area contributed by atoms with Crippen LogP contribution in [0.15, 0.2) is 35.7 Å². The number of hydrogen-bond acceptors (Lipinski definition) is 6. The molecule has 2 aromatic rings. The van der Waals surface area contributed by atoms with Crippen molar-refractivity contribution < 1.29 is 23.8 Å². The molecule has 3 rings (SSSR count). The first-order valence-corrected chi connectivity index (χ1v) is 9.06. The number of ether oxygens (including phenoxy) is 3. The van der Waals surface area contributed by atoms with E-state index in [0.29, 0.717) is 28.6 Å². The number of benzene rings is 1. The fourth-order valence-electron chi connectivity index (χ4n) is 2.25. The third-order valence-corrected chi connectivity index (χ3v) is 4.70. The Morgan fingerprint density at radius 3 is 3.04 bits per heavy atom. The van der Waals surface area contributed by atoms with Crippen LogP contribution in [0.4, 0.5) is 0 Å². The van der Waals surface area contributed by atoms with Crippen LogP contribution in [0, 0.1) is 0 Å². The maximum Gasteiger partial charge on any atom is 0.331 e. The van der Waals surface area contributed by atoms with E-state index >= 15 is 0 Å². The fraction of sp³-hybridized carbons (Fsp3) is 0.222. The molecule has 1 aromatic heterocycles. The Morgan fingerprint density at radius 1 is 1.42 bits per heavy atom. The normalized spacial score (nSPS) is 13.6. The molecule has 1 atom stereocenters. The molecule has 0 unspecified atom stereocenters. The second-order valence-electron chi connectivity index (χ2n) is 5.45. The van der Waals surface area contributed by atoms with Crippen molar-refractivity contribution in [2.24, 2.45) is 0 Å². The van der Waals surface area contributed by atoms with Crippen molar-refractivity contribution in [1.82, 2.24) is 5.32 Å². The largest absolute Gasteiger partial charge is 0.454 e. The molecule has 1 aliphatic heterocycles. The Kier molecular flexibility index (Phi) is 5.80. The van der Waals surface area contributed by atoms with Crippen molar-refractivity contribution in [3.63, 3.8) is 0 Å². The summed E-state index contributed by atoms with van der Waals surface area (Å²) >= 11 is 7.63. The number of nitrogens with one attached hydrogen (secondary N) is 1. The molecule has 0 saturated carbocycles. The second kappa shape index (κ2) is 8.25. The zero-order valence-electron chi connectivity index (χ0n) is 13.9. The number of hydrogen-bond donors (Lipinski definition) is 1. The molecule has 0 saturated heterocycles. The number of esters is 1. The fourth-order valence-corrected chi connectivity index (χ4v) is 3.16. The molecule has 0 fully saturated rings. The first-order chi connectivity index (χ1) is 12.5. The Morgan fingerprint density at radius 2 is 2.27 bits per heavy atom. The zero-order valence-corrected chi connectivity index (χ0v) is 15.4. The van der Waals surface area contributed by atoms with E-state index in [-0.39, 0.29) is 12.7 Å². The van der Waals surface area contributed by atoms with Crippen LogP contribution in [0.2, 0.25) is 5.02 Å². The predicted octanol–water partition coefficient (Wildman–Crippen LogP) is 3.39. The lowest BCUT2D eigenvalue weighted by Gasteiger charge is -2.11. The first kappa shape index (κ1) is 18.3. The van der Waals surface area contributed by atoms with Crippen LogP contribution in [-0.4, -0.2) is 24.8 Å². The number of thiophene rings is 1. The van der Waals surface area contributed by atoms with Gasteiger partial charge in [0.1, 0.15) is 0 Å². The molecule has 1 aliphatic rings. The van der Waals surface area contributed by atoms with Crippen molar-refractivity contribution >= 4 is 40.9 Å². The number of halogens is 1. The van der Waals surface area contributed by atoms with Gasteiger partial charge in [-0.3, -0.25) is 4.79 Å². The van der Waals surface area contributed by atoms with Crippen molar-refractivity contribution in [3.05, 3.63) is 51.2 Å². The van der Waals surface area contributed by atoms with Gasteiger partial charge >= 0.3 is 5.97 Å². The molecule has 0 radical (unpaired) electrons. The molecule has 6 nitrogen and oxygen atoms in total. The highest BCUT2D eigenvalue weighted by Crippen LogP contribution is 2.40. The minimum absolute atomic E-state index is 0.113. The van der Waals surface area contributed by atoms with Gasteiger partial charge in [-0.25, -0.2) is 4.79 Å². The monoisotopic (exact) mass is 393 g/mol. The van der Waals surface area contributed by atoms with Crippen LogP contribution in [-0.2, 0) is 20.9 Å². The Labute approximate surface area is 159 Å². The van der Waals surface area contributed by atoms with Gasteiger partial charge in [0.05, 0.1) is 11.6 Å². The van der Waals surface area contributed by atoms with E-state index in [2.05, 4.69) is 5.32 Å². The first-order valence-electron chi connectivity index (χ1n) is 7.81. The van der Waals surface area contributed by atoms with Crippen molar-refractivity contribution in [3.8, 4) is 11.5 Å².